The monoisotopic (exact) mass is 396 g/mol. The molecule has 0 radical (unpaired) electrons. The highest BCUT2D eigenvalue weighted by Gasteiger charge is 2.35. The van der Waals surface area contributed by atoms with Crippen molar-refractivity contribution in [3.8, 4) is 0 Å². The number of urea groups is 1. The third-order valence-electron chi connectivity index (χ3n) is 6.37. The van der Waals surface area contributed by atoms with E-state index in [0.29, 0.717) is 44.5 Å². The van der Waals surface area contributed by atoms with Crippen LogP contribution in [0.25, 0.3) is 22.1 Å². The van der Waals surface area contributed by atoms with Crippen molar-refractivity contribution in [1.29, 1.82) is 0 Å². The number of aromatic nitrogens is 4. The molecule has 0 aromatic carbocycles. The quantitative estimate of drug-likeness (QED) is 0.655. The normalized spacial score (nSPS) is 23.3. The van der Waals surface area contributed by atoms with Crippen LogP contribution in [0.2, 0.25) is 0 Å². The van der Waals surface area contributed by atoms with E-state index in [9.17, 15) is 14.4 Å². The SMILES string of the molecule is C[C@H]1CCN(C(=O)N2CCC(=O)CC2)C[C@H]1n1c(=O)[nH]c2cnc3[nH]ccc3c21. The van der Waals surface area contributed by atoms with E-state index in [4.69, 9.17) is 0 Å². The predicted molar refractivity (Wildman–Crippen MR) is 108 cm³/mol. The summed E-state index contributed by atoms with van der Waals surface area (Å²) in [7, 11) is 0. The number of imidazole rings is 1. The molecule has 2 N–H and O–H groups in total. The van der Waals surface area contributed by atoms with Crippen molar-refractivity contribution in [2.24, 2.45) is 5.92 Å². The van der Waals surface area contributed by atoms with Gasteiger partial charge < -0.3 is 19.8 Å². The molecule has 0 saturated carbocycles. The highest BCUT2D eigenvalue weighted by Crippen LogP contribution is 2.32. The molecule has 0 spiro atoms. The summed E-state index contributed by atoms with van der Waals surface area (Å²) in [5.41, 5.74) is 2.09. The van der Waals surface area contributed by atoms with Gasteiger partial charge in [-0.25, -0.2) is 14.6 Å². The van der Waals surface area contributed by atoms with E-state index in [1.54, 1.807) is 15.7 Å². The number of carbonyl (C=O) groups is 2. The molecule has 0 aliphatic carbocycles. The molecule has 5 heterocycles. The van der Waals surface area contributed by atoms with E-state index in [-0.39, 0.29) is 29.5 Å². The molecule has 2 saturated heterocycles. The molecule has 29 heavy (non-hydrogen) atoms. The van der Waals surface area contributed by atoms with Crippen LogP contribution in [0.15, 0.2) is 23.3 Å². The third kappa shape index (κ3) is 2.92. The van der Waals surface area contributed by atoms with Gasteiger partial charge in [-0.3, -0.25) is 9.36 Å². The van der Waals surface area contributed by atoms with Crippen LogP contribution in [0.1, 0.15) is 32.2 Å². The lowest BCUT2D eigenvalue weighted by molar-refractivity contribution is -0.121. The summed E-state index contributed by atoms with van der Waals surface area (Å²) in [6, 6.07) is 1.77. The molecular weight excluding hydrogens is 372 g/mol. The zero-order valence-corrected chi connectivity index (χ0v) is 16.4. The molecule has 152 valence electrons. The molecular formula is C20H24N6O3. The first-order chi connectivity index (χ1) is 14.0. The number of nitrogens with zero attached hydrogens (tertiary/aromatic N) is 4. The number of nitrogens with one attached hydrogen (secondary N) is 2. The number of fused-ring (bicyclic) bond motifs is 3. The van der Waals surface area contributed by atoms with Crippen molar-refractivity contribution in [3.05, 3.63) is 28.9 Å². The Kier molecular flexibility index (Phi) is 4.18. The van der Waals surface area contributed by atoms with Crippen LogP contribution < -0.4 is 5.69 Å². The number of likely N-dealkylation sites (tertiary alicyclic amines) is 2. The second-order valence-electron chi connectivity index (χ2n) is 8.15. The van der Waals surface area contributed by atoms with E-state index in [2.05, 4.69) is 21.9 Å². The third-order valence-corrected chi connectivity index (χ3v) is 6.37. The Morgan fingerprint density at radius 2 is 1.97 bits per heavy atom. The van der Waals surface area contributed by atoms with Crippen LogP contribution in [0, 0.1) is 5.92 Å². The van der Waals surface area contributed by atoms with Gasteiger partial charge >= 0.3 is 11.7 Å². The van der Waals surface area contributed by atoms with Crippen molar-refractivity contribution < 1.29 is 9.59 Å². The van der Waals surface area contributed by atoms with Crippen molar-refractivity contribution >= 4 is 33.9 Å². The fourth-order valence-corrected chi connectivity index (χ4v) is 4.64. The Labute approximate surface area is 166 Å². The molecule has 2 aliphatic heterocycles. The Balaban J connectivity index is 1.50. The number of amides is 2. The first-order valence-corrected chi connectivity index (χ1v) is 10.1. The summed E-state index contributed by atoms with van der Waals surface area (Å²) >= 11 is 0. The molecule has 9 heteroatoms. The Morgan fingerprint density at radius 3 is 2.76 bits per heavy atom. The molecule has 2 fully saturated rings. The zero-order chi connectivity index (χ0) is 20.1. The van der Waals surface area contributed by atoms with Gasteiger partial charge in [0.15, 0.2) is 0 Å². The minimum Gasteiger partial charge on any atom is -0.346 e. The summed E-state index contributed by atoms with van der Waals surface area (Å²) in [4.78, 5) is 51.4. The Hall–Kier alpha value is -3.10. The minimum absolute atomic E-state index is 0.0317. The molecule has 3 aromatic heterocycles. The summed E-state index contributed by atoms with van der Waals surface area (Å²) in [6.07, 6.45) is 5.17. The topological polar surface area (TPSA) is 107 Å². The lowest BCUT2D eigenvalue weighted by atomic mass is 9.93. The number of piperidine rings is 2. The zero-order valence-electron chi connectivity index (χ0n) is 16.4. The van der Waals surface area contributed by atoms with Crippen LogP contribution in [-0.2, 0) is 4.79 Å². The van der Waals surface area contributed by atoms with E-state index in [1.165, 1.54) is 0 Å². The summed E-state index contributed by atoms with van der Waals surface area (Å²) in [5.74, 6) is 0.467. The number of hydrogen-bond donors (Lipinski definition) is 2. The molecule has 9 nitrogen and oxygen atoms in total. The molecule has 2 atom stereocenters. The highest BCUT2D eigenvalue weighted by molar-refractivity contribution is 6.01. The molecule has 5 rings (SSSR count). The van der Waals surface area contributed by atoms with Gasteiger partial charge in [0.1, 0.15) is 11.4 Å². The van der Waals surface area contributed by atoms with Crippen molar-refractivity contribution in [3.63, 3.8) is 0 Å². The van der Waals surface area contributed by atoms with Crippen LogP contribution in [-0.4, -0.2) is 67.3 Å². The summed E-state index contributed by atoms with van der Waals surface area (Å²) < 4.78 is 1.80. The van der Waals surface area contributed by atoms with Gasteiger partial charge in [-0.1, -0.05) is 6.92 Å². The first kappa shape index (κ1) is 18.0. The van der Waals surface area contributed by atoms with Crippen molar-refractivity contribution in [2.45, 2.75) is 32.2 Å². The number of Topliss-reactive ketones (excluding diaryl/α,β-unsaturated/α-hetero) is 1. The van der Waals surface area contributed by atoms with Gasteiger partial charge in [0.25, 0.3) is 0 Å². The van der Waals surface area contributed by atoms with Gasteiger partial charge in [0.2, 0.25) is 0 Å². The number of H-pyrrole nitrogens is 2. The first-order valence-electron chi connectivity index (χ1n) is 10.1. The number of pyridine rings is 1. The number of rotatable bonds is 1. The van der Waals surface area contributed by atoms with Crippen molar-refractivity contribution in [1.82, 2.24) is 29.3 Å². The maximum Gasteiger partial charge on any atom is 0.326 e. The standard InChI is InChI=1S/C20H24N6O3/c1-12-3-7-25(20(29)24-8-4-13(27)5-9-24)11-16(12)26-17-14-2-6-21-18(14)22-10-15(17)23-19(26)28/h2,6,10,12,16H,3-5,7-9,11H2,1H3,(H,21,22)(H,23,28)/t12-,16+/m0/s1. The van der Waals surface area contributed by atoms with Gasteiger partial charge in [-0.2, -0.15) is 0 Å². The van der Waals surface area contributed by atoms with Gasteiger partial charge in [-0.05, 0) is 18.4 Å². The average molecular weight is 396 g/mol. The average Bonchev–Trinajstić information content (AvgIpc) is 3.32. The molecule has 2 aliphatic rings. The number of aromatic amines is 2. The van der Waals surface area contributed by atoms with Gasteiger partial charge in [-0.15, -0.1) is 0 Å². The lowest BCUT2D eigenvalue weighted by Gasteiger charge is -2.40. The van der Waals surface area contributed by atoms with Gasteiger partial charge in [0.05, 0.1) is 23.3 Å². The summed E-state index contributed by atoms with van der Waals surface area (Å²) in [5, 5.41) is 0.894. The maximum absolute atomic E-state index is 13.0. The number of ketones is 1. The van der Waals surface area contributed by atoms with Crippen LogP contribution in [0.3, 0.4) is 0 Å². The van der Waals surface area contributed by atoms with E-state index in [1.807, 2.05) is 17.2 Å². The van der Waals surface area contributed by atoms with Crippen LogP contribution >= 0.6 is 0 Å². The largest absolute Gasteiger partial charge is 0.346 e. The highest BCUT2D eigenvalue weighted by atomic mass is 16.2. The molecule has 0 unspecified atom stereocenters. The van der Waals surface area contributed by atoms with Crippen LogP contribution in [0.4, 0.5) is 4.79 Å². The fraction of sp³-hybridized carbons (Fsp3) is 0.500. The maximum atomic E-state index is 13.0. The Morgan fingerprint density at radius 1 is 1.17 bits per heavy atom. The molecule has 0 bridgehead atoms. The van der Waals surface area contributed by atoms with Crippen LogP contribution in [0.5, 0.6) is 0 Å². The summed E-state index contributed by atoms with van der Waals surface area (Å²) in [6.45, 7) is 4.24. The fourth-order valence-electron chi connectivity index (χ4n) is 4.64. The van der Waals surface area contributed by atoms with E-state index >= 15 is 0 Å². The molecule has 2 amide bonds. The smallest absolute Gasteiger partial charge is 0.326 e. The van der Waals surface area contributed by atoms with Gasteiger partial charge in [0, 0.05) is 50.6 Å². The second kappa shape index (κ2) is 6.75. The number of hydrogen-bond acceptors (Lipinski definition) is 4. The number of carbonyl (C=O) groups excluding carboxylic acids is 2. The lowest BCUT2D eigenvalue weighted by Crippen LogP contribution is -2.52. The predicted octanol–water partition coefficient (Wildman–Crippen LogP) is 1.87. The van der Waals surface area contributed by atoms with Crippen molar-refractivity contribution in [2.75, 3.05) is 26.2 Å². The van der Waals surface area contributed by atoms with E-state index < -0.39 is 0 Å². The van der Waals surface area contributed by atoms with E-state index in [0.717, 1.165) is 23.0 Å². The molecule has 3 aromatic rings. The second-order valence-corrected chi connectivity index (χ2v) is 8.15. The minimum atomic E-state index is -0.176. The Bertz CT molecular complexity index is 1150.